The molecule has 0 aromatic carbocycles. The fourth-order valence-corrected chi connectivity index (χ4v) is 1.81. The summed E-state index contributed by atoms with van der Waals surface area (Å²) in [6.07, 6.45) is 1.96. The van der Waals surface area contributed by atoms with Crippen molar-refractivity contribution in [2.24, 2.45) is 5.41 Å². The van der Waals surface area contributed by atoms with Crippen molar-refractivity contribution in [3.8, 4) is 0 Å². The maximum atomic E-state index is 4.50. The molecule has 0 saturated heterocycles. The maximum Gasteiger partial charge on any atom is 0.128 e. The molecule has 17 heavy (non-hydrogen) atoms. The van der Waals surface area contributed by atoms with Gasteiger partial charge in [-0.1, -0.05) is 33.8 Å². The highest BCUT2D eigenvalue weighted by Gasteiger charge is 2.14. The Morgan fingerprint density at radius 1 is 1.29 bits per heavy atom. The molecule has 0 spiro atoms. The summed E-state index contributed by atoms with van der Waals surface area (Å²) in [6, 6.07) is 4.24. The van der Waals surface area contributed by atoms with Crippen LogP contribution in [0.3, 0.4) is 0 Å². The van der Waals surface area contributed by atoms with E-state index in [1.807, 2.05) is 6.20 Å². The van der Waals surface area contributed by atoms with Crippen LogP contribution in [0, 0.1) is 5.41 Å². The highest BCUT2D eigenvalue weighted by molar-refractivity contribution is 5.38. The van der Waals surface area contributed by atoms with Gasteiger partial charge in [0.2, 0.25) is 0 Å². The quantitative estimate of drug-likeness (QED) is 0.850. The number of nitrogens with one attached hydrogen (secondary N) is 1. The molecule has 3 nitrogen and oxygen atoms in total. The van der Waals surface area contributed by atoms with Gasteiger partial charge in [-0.3, -0.25) is 0 Å². The number of hydrogen-bond donors (Lipinski definition) is 1. The van der Waals surface area contributed by atoms with E-state index in [-0.39, 0.29) is 0 Å². The molecule has 0 amide bonds. The van der Waals surface area contributed by atoms with Gasteiger partial charge in [0.15, 0.2) is 0 Å². The Morgan fingerprint density at radius 2 is 2.00 bits per heavy atom. The second kappa shape index (κ2) is 6.01. The fourth-order valence-electron chi connectivity index (χ4n) is 1.81. The number of pyridine rings is 1. The van der Waals surface area contributed by atoms with Crippen LogP contribution in [-0.4, -0.2) is 25.1 Å². The van der Waals surface area contributed by atoms with E-state index in [0.717, 1.165) is 25.5 Å². The third kappa shape index (κ3) is 5.18. The van der Waals surface area contributed by atoms with Gasteiger partial charge in [-0.15, -0.1) is 0 Å². The largest absolute Gasteiger partial charge is 0.359 e. The Bertz CT molecular complexity index is 324. The van der Waals surface area contributed by atoms with Gasteiger partial charge in [-0.2, -0.15) is 0 Å². The molecule has 0 unspecified atom stereocenters. The third-order valence-electron chi connectivity index (χ3n) is 2.49. The van der Waals surface area contributed by atoms with Crippen molar-refractivity contribution < 1.29 is 0 Å². The van der Waals surface area contributed by atoms with E-state index < -0.39 is 0 Å². The van der Waals surface area contributed by atoms with Crippen molar-refractivity contribution in [3.63, 3.8) is 0 Å². The zero-order valence-corrected chi connectivity index (χ0v) is 11.7. The first-order valence-electron chi connectivity index (χ1n) is 6.29. The van der Waals surface area contributed by atoms with Crippen LogP contribution in [0.2, 0.25) is 0 Å². The van der Waals surface area contributed by atoms with Crippen LogP contribution in [0.15, 0.2) is 18.3 Å². The van der Waals surface area contributed by atoms with Crippen LogP contribution in [0.25, 0.3) is 0 Å². The minimum absolute atomic E-state index is 0.291. The van der Waals surface area contributed by atoms with Gasteiger partial charge in [-0.05, 0) is 23.6 Å². The lowest BCUT2D eigenvalue weighted by Gasteiger charge is -2.27. The van der Waals surface area contributed by atoms with Crippen molar-refractivity contribution in [1.82, 2.24) is 10.3 Å². The summed E-state index contributed by atoms with van der Waals surface area (Å²) >= 11 is 0. The molecule has 0 fully saturated rings. The number of nitrogens with zero attached hydrogens (tertiary/aromatic N) is 2. The van der Waals surface area contributed by atoms with Crippen LogP contribution in [0.1, 0.15) is 33.3 Å². The van der Waals surface area contributed by atoms with Gasteiger partial charge in [0.05, 0.1) is 0 Å². The second-order valence-electron chi connectivity index (χ2n) is 5.72. The van der Waals surface area contributed by atoms with E-state index >= 15 is 0 Å². The molecular formula is C14H25N3. The summed E-state index contributed by atoms with van der Waals surface area (Å²) < 4.78 is 0. The van der Waals surface area contributed by atoms with E-state index in [1.54, 1.807) is 0 Å². The second-order valence-corrected chi connectivity index (χ2v) is 5.72. The molecule has 0 aliphatic carbocycles. The van der Waals surface area contributed by atoms with Crippen molar-refractivity contribution in [1.29, 1.82) is 0 Å². The predicted octanol–water partition coefficient (Wildman–Crippen LogP) is 2.67. The molecular weight excluding hydrogens is 210 g/mol. The van der Waals surface area contributed by atoms with Crippen LogP contribution in [0.4, 0.5) is 5.82 Å². The Labute approximate surface area is 105 Å². The molecule has 1 aromatic heterocycles. The summed E-state index contributed by atoms with van der Waals surface area (Å²) in [7, 11) is 2.09. The summed E-state index contributed by atoms with van der Waals surface area (Å²) in [4.78, 5) is 6.71. The molecule has 1 rings (SSSR count). The first-order chi connectivity index (χ1) is 7.92. The fraction of sp³-hybridized carbons (Fsp3) is 0.643. The lowest BCUT2D eigenvalue weighted by molar-refractivity contribution is 0.418. The average Bonchev–Trinajstić information content (AvgIpc) is 2.24. The van der Waals surface area contributed by atoms with Crippen LogP contribution < -0.4 is 10.2 Å². The van der Waals surface area contributed by atoms with Crippen LogP contribution >= 0.6 is 0 Å². The lowest BCUT2D eigenvalue weighted by Crippen LogP contribution is -2.29. The summed E-state index contributed by atoms with van der Waals surface area (Å²) in [5.41, 5.74) is 1.53. The molecule has 0 radical (unpaired) electrons. The molecule has 1 heterocycles. The van der Waals surface area contributed by atoms with E-state index in [2.05, 4.69) is 62.1 Å². The summed E-state index contributed by atoms with van der Waals surface area (Å²) in [6.45, 7) is 11.7. The van der Waals surface area contributed by atoms with Crippen molar-refractivity contribution >= 4 is 5.82 Å². The zero-order valence-electron chi connectivity index (χ0n) is 11.7. The topological polar surface area (TPSA) is 28.2 Å². The Kier molecular flexibility index (Phi) is 4.94. The molecule has 1 N–H and O–H groups in total. The number of anilines is 1. The van der Waals surface area contributed by atoms with E-state index in [9.17, 15) is 0 Å². The van der Waals surface area contributed by atoms with Gasteiger partial charge in [0.1, 0.15) is 5.82 Å². The standard InChI is InChI=1S/C14H25N3/c1-6-15-9-12-7-8-13(16-10-12)17(5)11-14(2,3)4/h7-8,10,15H,6,9,11H2,1-5H3. The molecule has 3 heteroatoms. The van der Waals surface area contributed by atoms with Crippen molar-refractivity contribution in [2.45, 2.75) is 34.2 Å². The van der Waals surface area contributed by atoms with E-state index in [0.29, 0.717) is 5.41 Å². The van der Waals surface area contributed by atoms with Crippen molar-refractivity contribution in [2.75, 3.05) is 25.0 Å². The predicted molar refractivity (Wildman–Crippen MR) is 74.3 cm³/mol. The molecule has 0 aliphatic rings. The highest BCUT2D eigenvalue weighted by Crippen LogP contribution is 2.18. The smallest absolute Gasteiger partial charge is 0.128 e. The van der Waals surface area contributed by atoms with Gasteiger partial charge in [-0.25, -0.2) is 4.98 Å². The zero-order chi connectivity index (χ0) is 12.9. The maximum absolute atomic E-state index is 4.50. The average molecular weight is 235 g/mol. The normalized spacial score (nSPS) is 11.6. The van der Waals surface area contributed by atoms with Crippen molar-refractivity contribution in [3.05, 3.63) is 23.9 Å². The molecule has 1 aromatic rings. The Morgan fingerprint density at radius 3 is 2.47 bits per heavy atom. The minimum Gasteiger partial charge on any atom is -0.359 e. The first kappa shape index (κ1) is 14.0. The molecule has 0 atom stereocenters. The van der Waals surface area contributed by atoms with E-state index in [4.69, 9.17) is 0 Å². The lowest BCUT2D eigenvalue weighted by atomic mass is 9.96. The number of aromatic nitrogens is 1. The molecule has 0 aliphatic heterocycles. The SMILES string of the molecule is CCNCc1ccc(N(C)CC(C)(C)C)nc1. The Hall–Kier alpha value is -1.09. The van der Waals surface area contributed by atoms with Crippen LogP contribution in [-0.2, 0) is 6.54 Å². The summed E-state index contributed by atoms with van der Waals surface area (Å²) in [5.74, 6) is 1.04. The summed E-state index contributed by atoms with van der Waals surface area (Å²) in [5, 5.41) is 3.30. The van der Waals surface area contributed by atoms with Gasteiger partial charge in [0.25, 0.3) is 0 Å². The van der Waals surface area contributed by atoms with Gasteiger partial charge >= 0.3 is 0 Å². The number of rotatable bonds is 5. The molecule has 0 saturated carbocycles. The number of hydrogen-bond acceptors (Lipinski definition) is 3. The minimum atomic E-state index is 0.291. The highest BCUT2D eigenvalue weighted by atomic mass is 15.2. The Balaban J connectivity index is 2.60. The van der Waals surface area contributed by atoms with Gasteiger partial charge in [0, 0.05) is 26.3 Å². The van der Waals surface area contributed by atoms with E-state index in [1.165, 1.54) is 5.56 Å². The molecule has 0 bridgehead atoms. The monoisotopic (exact) mass is 235 g/mol. The molecule has 96 valence electrons. The third-order valence-corrected chi connectivity index (χ3v) is 2.49. The first-order valence-corrected chi connectivity index (χ1v) is 6.29. The van der Waals surface area contributed by atoms with Crippen LogP contribution in [0.5, 0.6) is 0 Å². The van der Waals surface area contributed by atoms with Gasteiger partial charge < -0.3 is 10.2 Å².